The minimum atomic E-state index is -5.23. The molecule has 1 unspecified atom stereocenters. The third-order valence-corrected chi connectivity index (χ3v) is 7.19. The van der Waals surface area contributed by atoms with Gasteiger partial charge in [0.2, 0.25) is 0 Å². The van der Waals surface area contributed by atoms with Crippen LogP contribution in [0.4, 0.5) is 43.9 Å². The Morgan fingerprint density at radius 3 is 2.02 bits per heavy atom. The van der Waals surface area contributed by atoms with Crippen LogP contribution in [0.25, 0.3) is 0 Å². The normalized spacial score (nSPS) is 13.4. The predicted octanol–water partition coefficient (Wildman–Crippen LogP) is 8.56. The fraction of sp³-hybridized carbons (Fsp3) is 0.265. The molecule has 4 aromatic rings. The van der Waals surface area contributed by atoms with Crippen molar-refractivity contribution >= 4 is 5.91 Å². The molecule has 262 valence electrons. The highest BCUT2D eigenvalue weighted by molar-refractivity contribution is 5.95. The van der Waals surface area contributed by atoms with E-state index in [4.69, 9.17) is 4.74 Å². The van der Waals surface area contributed by atoms with Crippen LogP contribution < -0.4 is 14.8 Å². The second-order valence-electron chi connectivity index (χ2n) is 11.2. The zero-order valence-electron chi connectivity index (χ0n) is 25.5. The van der Waals surface area contributed by atoms with Crippen LogP contribution >= 0.6 is 0 Å². The van der Waals surface area contributed by atoms with Crippen molar-refractivity contribution in [2.75, 3.05) is 0 Å². The van der Waals surface area contributed by atoms with E-state index in [1.54, 1.807) is 13.8 Å². The fourth-order valence-corrected chi connectivity index (χ4v) is 4.96. The molecule has 0 saturated carbocycles. The maximum absolute atomic E-state index is 15.2. The molecule has 15 heteroatoms. The van der Waals surface area contributed by atoms with Crippen molar-refractivity contribution in [3.05, 3.63) is 130 Å². The number of amides is 1. The van der Waals surface area contributed by atoms with E-state index in [0.29, 0.717) is 29.8 Å². The molecule has 0 aliphatic rings. The molecule has 1 amide bonds. The molecule has 0 fully saturated rings. The summed E-state index contributed by atoms with van der Waals surface area (Å²) < 4.78 is 149. The van der Waals surface area contributed by atoms with Crippen LogP contribution in [0.1, 0.15) is 52.0 Å². The lowest BCUT2D eigenvalue weighted by Crippen LogP contribution is -2.49. The molecule has 0 heterocycles. The summed E-state index contributed by atoms with van der Waals surface area (Å²) in [5, 5.41) is 12.0. The number of nitrogens with one attached hydrogen (secondary N) is 1. The topological polar surface area (TPSA) is 67.8 Å². The maximum Gasteiger partial charge on any atom is 0.461 e. The Bertz CT molecular complexity index is 1800. The van der Waals surface area contributed by atoms with Crippen molar-refractivity contribution in [1.29, 1.82) is 0 Å². The van der Waals surface area contributed by atoms with Gasteiger partial charge in [-0.3, -0.25) is 4.79 Å². The summed E-state index contributed by atoms with van der Waals surface area (Å²) in [6, 6.07) is 12.0. The lowest BCUT2D eigenvalue weighted by atomic mass is 9.77. The van der Waals surface area contributed by atoms with Gasteiger partial charge >= 0.3 is 18.7 Å². The molecular formula is C34H27F10NO4. The maximum atomic E-state index is 15.2. The molecule has 49 heavy (non-hydrogen) atoms. The van der Waals surface area contributed by atoms with E-state index in [1.165, 1.54) is 24.3 Å². The Morgan fingerprint density at radius 2 is 1.43 bits per heavy atom. The van der Waals surface area contributed by atoms with Gasteiger partial charge in [0.15, 0.2) is 11.6 Å². The Morgan fingerprint density at radius 1 is 0.796 bits per heavy atom. The van der Waals surface area contributed by atoms with Gasteiger partial charge in [0.25, 0.3) is 5.91 Å². The Balaban J connectivity index is 2.04. The number of rotatable bonds is 12. The van der Waals surface area contributed by atoms with Crippen LogP contribution in [0, 0.1) is 17.5 Å². The third kappa shape index (κ3) is 8.63. The summed E-state index contributed by atoms with van der Waals surface area (Å²) in [6.45, 7) is 2.72. The number of alkyl halides is 7. The van der Waals surface area contributed by atoms with E-state index in [0.717, 1.165) is 24.3 Å². The van der Waals surface area contributed by atoms with Crippen LogP contribution in [-0.2, 0) is 24.7 Å². The standard InChI is InChI=1S/C34H27F10NO4/c1-18(2)48-29-14-22(8-10-28(29)37)32(16-19-3-5-20(17-46)6-4-19,23-12-24(35)15-25(13-23)49-34(43,44)31(38)39)45-30(47)21-7-9-27(36)26(11-21)33(40,41)42/h3-15,18,31,46H,16-17H2,1-2H3,(H,45,47). The van der Waals surface area contributed by atoms with Crippen molar-refractivity contribution in [3.63, 3.8) is 0 Å². The molecule has 1 atom stereocenters. The monoisotopic (exact) mass is 703 g/mol. The van der Waals surface area contributed by atoms with Crippen LogP contribution in [0.3, 0.4) is 0 Å². The van der Waals surface area contributed by atoms with E-state index in [1.807, 2.05) is 0 Å². The quantitative estimate of drug-likeness (QED) is 0.145. The van der Waals surface area contributed by atoms with Gasteiger partial charge in [-0.1, -0.05) is 30.3 Å². The second-order valence-corrected chi connectivity index (χ2v) is 11.2. The number of aliphatic hydroxyl groups is 1. The molecule has 5 nitrogen and oxygen atoms in total. The average Bonchev–Trinajstić information content (AvgIpc) is 3.01. The van der Waals surface area contributed by atoms with E-state index in [2.05, 4.69) is 10.1 Å². The number of benzene rings is 4. The zero-order chi connectivity index (χ0) is 36.3. The molecular weight excluding hydrogens is 676 g/mol. The van der Waals surface area contributed by atoms with Gasteiger partial charge in [-0.05, 0) is 78.6 Å². The highest BCUT2D eigenvalue weighted by Crippen LogP contribution is 2.40. The van der Waals surface area contributed by atoms with E-state index in [-0.39, 0.29) is 23.8 Å². The summed E-state index contributed by atoms with van der Waals surface area (Å²) >= 11 is 0. The van der Waals surface area contributed by atoms with Crippen molar-refractivity contribution in [2.24, 2.45) is 0 Å². The zero-order valence-corrected chi connectivity index (χ0v) is 25.5. The number of ether oxygens (including phenoxy) is 2. The van der Waals surface area contributed by atoms with Crippen LogP contribution in [0.5, 0.6) is 11.5 Å². The molecule has 4 aromatic carbocycles. The molecule has 2 N–H and O–H groups in total. The van der Waals surface area contributed by atoms with E-state index in [9.17, 15) is 49.4 Å². The molecule has 0 radical (unpaired) electrons. The van der Waals surface area contributed by atoms with Gasteiger partial charge in [0.05, 0.1) is 23.8 Å². The molecule has 0 aliphatic heterocycles. The van der Waals surface area contributed by atoms with Gasteiger partial charge in [-0.15, -0.1) is 0 Å². The van der Waals surface area contributed by atoms with Gasteiger partial charge < -0.3 is 19.9 Å². The number of halogens is 10. The summed E-state index contributed by atoms with van der Waals surface area (Å²) in [7, 11) is 0. The van der Waals surface area contributed by atoms with Crippen LogP contribution in [-0.4, -0.2) is 29.7 Å². The lowest BCUT2D eigenvalue weighted by molar-refractivity contribution is -0.253. The number of aliphatic hydroxyl groups excluding tert-OH is 1. The molecule has 4 rings (SSSR count). The summed E-state index contributed by atoms with van der Waals surface area (Å²) in [5.74, 6) is -6.78. The Labute approximate surface area is 273 Å². The molecule has 0 spiro atoms. The largest absolute Gasteiger partial charge is 0.488 e. The Kier molecular flexibility index (Phi) is 10.9. The van der Waals surface area contributed by atoms with Crippen molar-refractivity contribution in [3.8, 4) is 11.5 Å². The molecule has 0 saturated heterocycles. The third-order valence-electron chi connectivity index (χ3n) is 7.19. The number of carbonyl (C=O) groups is 1. The predicted molar refractivity (Wildman–Crippen MR) is 156 cm³/mol. The first-order chi connectivity index (χ1) is 22.8. The smallest absolute Gasteiger partial charge is 0.461 e. The van der Waals surface area contributed by atoms with Crippen LogP contribution in [0.15, 0.2) is 78.9 Å². The van der Waals surface area contributed by atoms with E-state index < -0.39 is 88.3 Å². The van der Waals surface area contributed by atoms with Gasteiger partial charge in [0, 0.05) is 18.1 Å². The van der Waals surface area contributed by atoms with Crippen molar-refractivity contribution < 1.29 is 63.3 Å². The molecule has 0 aliphatic carbocycles. The number of hydrogen-bond acceptors (Lipinski definition) is 4. The molecule has 0 bridgehead atoms. The van der Waals surface area contributed by atoms with Gasteiger partial charge in [-0.2, -0.15) is 30.7 Å². The fourth-order valence-electron chi connectivity index (χ4n) is 4.96. The van der Waals surface area contributed by atoms with Crippen molar-refractivity contribution in [2.45, 2.75) is 57.2 Å². The van der Waals surface area contributed by atoms with Crippen LogP contribution in [0.2, 0.25) is 0 Å². The minimum Gasteiger partial charge on any atom is -0.488 e. The first-order valence-corrected chi connectivity index (χ1v) is 14.4. The van der Waals surface area contributed by atoms with Gasteiger partial charge in [0.1, 0.15) is 17.4 Å². The Hall–Kier alpha value is -4.79. The number of carbonyl (C=O) groups excluding carboxylic acids is 1. The SMILES string of the molecule is CC(C)Oc1cc(C(Cc2ccc(CO)cc2)(NC(=O)c2ccc(F)c(C(F)(F)F)c2)c2cc(F)cc(OC(F)(F)C(F)F)c2)ccc1F. The highest BCUT2D eigenvalue weighted by atomic mass is 19.4. The summed E-state index contributed by atoms with van der Waals surface area (Å²) in [6.07, 6.45) is -15.8. The molecule has 0 aromatic heterocycles. The number of hydrogen-bond donors (Lipinski definition) is 2. The summed E-state index contributed by atoms with van der Waals surface area (Å²) in [4.78, 5) is 13.8. The highest BCUT2D eigenvalue weighted by Gasteiger charge is 2.45. The van der Waals surface area contributed by atoms with E-state index >= 15 is 4.39 Å². The van der Waals surface area contributed by atoms with Gasteiger partial charge in [-0.25, -0.2) is 13.2 Å². The summed E-state index contributed by atoms with van der Waals surface area (Å²) in [5.41, 5.74) is -4.68. The van der Waals surface area contributed by atoms with Crippen molar-refractivity contribution in [1.82, 2.24) is 5.32 Å². The first kappa shape index (κ1) is 37.0. The average molecular weight is 704 g/mol. The minimum absolute atomic E-state index is 0.139. The first-order valence-electron chi connectivity index (χ1n) is 14.4. The lowest BCUT2D eigenvalue weighted by Gasteiger charge is -2.37. The second kappa shape index (κ2) is 14.4.